The number of para-hydroxylation sites is 2. The van der Waals surface area contributed by atoms with Gasteiger partial charge in [0.25, 0.3) is 11.8 Å². The van der Waals surface area contributed by atoms with Crippen molar-refractivity contribution in [3.63, 3.8) is 0 Å². The molecule has 4 fully saturated rings. The molecule has 14 nitrogen and oxygen atoms in total. The van der Waals surface area contributed by atoms with Crippen molar-refractivity contribution in [2.75, 3.05) is 19.7 Å². The first-order valence-corrected chi connectivity index (χ1v) is 20.9. The number of carbonyl (C=O) groups is 4. The molecular formula is C38H46F2N6O8S. The Morgan fingerprint density at radius 1 is 0.945 bits per heavy atom. The Kier molecular flexibility index (Phi) is 9.73. The maximum atomic E-state index is 16.3. The molecule has 1 aromatic heterocycles. The van der Waals surface area contributed by atoms with Crippen LogP contribution in [0.25, 0.3) is 11.0 Å². The van der Waals surface area contributed by atoms with E-state index in [0.717, 1.165) is 25.7 Å². The van der Waals surface area contributed by atoms with Gasteiger partial charge in [0.2, 0.25) is 27.7 Å². The lowest BCUT2D eigenvalue weighted by molar-refractivity contribution is -0.134. The number of nitrogens with zero attached hydrogens (tertiary/aromatic N) is 3. The highest BCUT2D eigenvalue weighted by molar-refractivity contribution is 7.91. The van der Waals surface area contributed by atoms with Crippen LogP contribution in [-0.4, -0.2) is 89.7 Å². The summed E-state index contributed by atoms with van der Waals surface area (Å²) in [6.07, 6.45) is 7.08. The summed E-state index contributed by atoms with van der Waals surface area (Å²) < 4.78 is 72.3. The van der Waals surface area contributed by atoms with E-state index in [2.05, 4.69) is 25.3 Å². The molecule has 5 atom stereocenters. The Bertz CT molecular complexity index is 2020. The molecule has 296 valence electrons. The minimum Gasteiger partial charge on any atom is -0.470 e. The number of amides is 4. The van der Waals surface area contributed by atoms with Gasteiger partial charge in [0, 0.05) is 24.3 Å². The molecular weight excluding hydrogens is 739 g/mol. The van der Waals surface area contributed by atoms with E-state index < -0.39 is 97.9 Å². The highest BCUT2D eigenvalue weighted by Crippen LogP contribution is 2.51. The summed E-state index contributed by atoms with van der Waals surface area (Å²) >= 11 is 0. The molecule has 3 saturated carbocycles. The van der Waals surface area contributed by atoms with E-state index in [9.17, 15) is 27.6 Å². The van der Waals surface area contributed by atoms with Gasteiger partial charge in [0.15, 0.2) is 5.69 Å². The Hall–Kier alpha value is -4.41. The number of halogens is 2. The van der Waals surface area contributed by atoms with Crippen LogP contribution >= 0.6 is 0 Å². The van der Waals surface area contributed by atoms with Crippen LogP contribution < -0.4 is 20.1 Å². The number of hydrogen-bond acceptors (Lipinski definition) is 10. The van der Waals surface area contributed by atoms with Crippen molar-refractivity contribution < 1.29 is 45.9 Å². The SMILES string of the molecule is O=C1N[C@H]2CCCCC/C=C/[C@@H]3C[C@@]3(C(=O)NS(=O)(=O)C3CC3)NC(=O)C3CN(C[C@@H]3Oc3nc4ccccc4nc3C(F)(F)CCCC3(CC3)CO1)C2=O. The number of nitrogens with one attached hydrogen (secondary N) is 3. The summed E-state index contributed by atoms with van der Waals surface area (Å²) in [6.45, 7) is -0.434. The van der Waals surface area contributed by atoms with Gasteiger partial charge in [0.1, 0.15) is 17.7 Å². The second-order valence-electron chi connectivity index (χ2n) is 16.2. The van der Waals surface area contributed by atoms with Gasteiger partial charge >= 0.3 is 6.09 Å². The van der Waals surface area contributed by atoms with Crippen molar-refractivity contribution >= 4 is 44.9 Å². The largest absolute Gasteiger partial charge is 0.470 e. The fraction of sp³-hybridized carbons (Fsp3) is 0.632. The van der Waals surface area contributed by atoms with Crippen molar-refractivity contribution in [3.05, 3.63) is 42.1 Å². The quantitative estimate of drug-likeness (QED) is 0.385. The van der Waals surface area contributed by atoms with E-state index in [1.165, 1.54) is 4.90 Å². The zero-order valence-corrected chi connectivity index (χ0v) is 31.3. The van der Waals surface area contributed by atoms with Gasteiger partial charge in [-0.05, 0) is 76.3 Å². The maximum absolute atomic E-state index is 16.3. The van der Waals surface area contributed by atoms with Crippen LogP contribution in [0.1, 0.15) is 89.2 Å². The lowest BCUT2D eigenvalue weighted by Gasteiger charge is -2.25. The zero-order valence-electron chi connectivity index (χ0n) is 30.4. The van der Waals surface area contributed by atoms with Crippen LogP contribution in [0.2, 0.25) is 0 Å². The molecule has 1 spiro atoms. The highest BCUT2D eigenvalue weighted by Gasteiger charge is 2.62. The number of hydrogen-bond donors (Lipinski definition) is 3. The molecule has 17 heteroatoms. The lowest BCUT2D eigenvalue weighted by atomic mass is 9.97. The van der Waals surface area contributed by atoms with Gasteiger partial charge in [-0.1, -0.05) is 37.1 Å². The first-order chi connectivity index (χ1) is 26.3. The van der Waals surface area contributed by atoms with E-state index in [1.807, 2.05) is 12.2 Å². The van der Waals surface area contributed by atoms with Crippen LogP contribution in [-0.2, 0) is 35.1 Å². The number of ether oxygens (including phenoxy) is 2. The third-order valence-electron chi connectivity index (χ3n) is 12.0. The molecule has 8 rings (SSSR count). The number of benzene rings is 1. The van der Waals surface area contributed by atoms with E-state index >= 15 is 8.78 Å². The van der Waals surface area contributed by atoms with Crippen molar-refractivity contribution in [1.29, 1.82) is 0 Å². The molecule has 3 N–H and O–H groups in total. The average molecular weight is 785 g/mol. The number of sulfonamides is 1. The number of alkyl halides is 2. The number of aromatic nitrogens is 2. The second-order valence-corrected chi connectivity index (χ2v) is 18.2. The van der Waals surface area contributed by atoms with Gasteiger partial charge in [-0.3, -0.25) is 19.1 Å². The highest BCUT2D eigenvalue weighted by atomic mass is 32.2. The molecule has 3 aliphatic carbocycles. The third kappa shape index (κ3) is 7.85. The van der Waals surface area contributed by atoms with E-state index in [4.69, 9.17) is 9.47 Å². The van der Waals surface area contributed by atoms with Crippen LogP contribution in [0.5, 0.6) is 5.88 Å². The van der Waals surface area contributed by atoms with Gasteiger partial charge in [-0.2, -0.15) is 8.78 Å². The molecule has 4 bridgehead atoms. The predicted molar refractivity (Wildman–Crippen MR) is 193 cm³/mol. The Morgan fingerprint density at radius 3 is 2.45 bits per heavy atom. The van der Waals surface area contributed by atoms with Crippen molar-refractivity contribution in [2.45, 2.75) is 112 Å². The van der Waals surface area contributed by atoms with Crippen LogP contribution in [0, 0.1) is 17.3 Å². The fourth-order valence-corrected chi connectivity index (χ4v) is 9.49. The van der Waals surface area contributed by atoms with E-state index in [0.29, 0.717) is 38.5 Å². The molecule has 1 saturated heterocycles. The fourth-order valence-electron chi connectivity index (χ4n) is 8.12. The van der Waals surface area contributed by atoms with Crippen molar-refractivity contribution in [3.8, 4) is 5.88 Å². The van der Waals surface area contributed by atoms with Gasteiger partial charge < -0.3 is 25.0 Å². The molecule has 2 aromatic rings. The topological polar surface area (TPSA) is 186 Å². The maximum Gasteiger partial charge on any atom is 0.407 e. The minimum absolute atomic E-state index is 0.0358. The second kappa shape index (κ2) is 14.3. The first-order valence-electron chi connectivity index (χ1n) is 19.4. The van der Waals surface area contributed by atoms with Crippen molar-refractivity contribution in [2.24, 2.45) is 17.3 Å². The Morgan fingerprint density at radius 2 is 1.71 bits per heavy atom. The standard InChI is InChI=1S/C38H46F2N6O8S/c39-38(40)16-8-15-36(17-18-36)22-53-35(50)43-28-12-5-3-1-2-4-9-23-19-37(23,34(49)45-55(51,52)24-13-14-24)44-31(47)25-20-46(33(28)48)21-29(25)54-32-30(38)41-26-10-6-7-11-27(26)42-32/h4,6-7,9-11,23-25,28-29H,1-3,5,8,12-22H2,(H,43,50)(H,44,47)(H,45,49)/b9-4+/t23-,25?,28+,29+,37-/m1/s1. The smallest absolute Gasteiger partial charge is 0.407 e. The van der Waals surface area contributed by atoms with Gasteiger partial charge in [-0.15, -0.1) is 0 Å². The molecule has 55 heavy (non-hydrogen) atoms. The van der Waals surface area contributed by atoms with E-state index in [1.54, 1.807) is 24.3 Å². The number of fused-ring (bicyclic) bond motifs is 7. The molecule has 6 aliphatic rings. The Balaban J connectivity index is 1.17. The summed E-state index contributed by atoms with van der Waals surface area (Å²) in [5, 5.41) is 4.87. The summed E-state index contributed by atoms with van der Waals surface area (Å²) in [7, 11) is -3.95. The molecule has 1 aromatic carbocycles. The van der Waals surface area contributed by atoms with Crippen molar-refractivity contribution in [1.82, 2.24) is 30.2 Å². The number of carbonyl (C=O) groups excluding carboxylic acids is 4. The minimum atomic E-state index is -3.95. The normalized spacial score (nSPS) is 31.6. The van der Waals surface area contributed by atoms with Crippen LogP contribution in [0.4, 0.5) is 13.6 Å². The number of cyclic esters (lactones) is 1. The van der Waals surface area contributed by atoms with Crippen LogP contribution in [0.15, 0.2) is 36.4 Å². The number of rotatable bonds is 3. The van der Waals surface area contributed by atoms with Gasteiger partial charge in [0.05, 0.1) is 35.4 Å². The Labute approximate surface area is 317 Å². The van der Waals surface area contributed by atoms with E-state index in [-0.39, 0.29) is 43.6 Å². The monoisotopic (exact) mass is 784 g/mol. The summed E-state index contributed by atoms with van der Waals surface area (Å²) in [6, 6.07) is 5.52. The summed E-state index contributed by atoms with van der Waals surface area (Å²) in [5.74, 6) is -7.75. The van der Waals surface area contributed by atoms with Crippen LogP contribution in [0.3, 0.4) is 0 Å². The van der Waals surface area contributed by atoms with Gasteiger partial charge in [-0.25, -0.2) is 23.2 Å². The molecule has 4 heterocycles. The zero-order chi connectivity index (χ0) is 38.6. The third-order valence-corrected chi connectivity index (χ3v) is 13.8. The molecule has 0 radical (unpaired) electrons. The molecule has 1 unspecified atom stereocenters. The first kappa shape index (κ1) is 37.5. The molecule has 4 amide bonds. The lowest BCUT2D eigenvalue weighted by Crippen LogP contribution is -2.55. The predicted octanol–water partition coefficient (Wildman–Crippen LogP) is 3.99. The number of alkyl carbamates (subject to hydrolysis) is 1. The summed E-state index contributed by atoms with van der Waals surface area (Å²) in [4.78, 5) is 65.7. The average Bonchev–Trinajstić information content (AvgIpc) is 4.07. The number of allylic oxidation sites excluding steroid dienone is 1. The summed E-state index contributed by atoms with van der Waals surface area (Å²) in [5.41, 5.74) is -2.17. The molecule has 3 aliphatic heterocycles.